The van der Waals surface area contributed by atoms with E-state index in [2.05, 4.69) is 26.1 Å². The molecule has 0 saturated heterocycles. The number of hydrogen-bond donors (Lipinski definition) is 1. The van der Waals surface area contributed by atoms with Gasteiger partial charge in [-0.25, -0.2) is 4.79 Å². The predicted octanol–water partition coefficient (Wildman–Crippen LogP) is 4.49. The van der Waals surface area contributed by atoms with Crippen LogP contribution in [0.1, 0.15) is 74.8 Å². The Morgan fingerprint density at radius 3 is 2.52 bits per heavy atom. The van der Waals surface area contributed by atoms with Gasteiger partial charge in [0.1, 0.15) is 5.75 Å². The molecule has 2 aliphatic rings. The molecule has 1 aliphatic carbocycles. The first kappa shape index (κ1) is 18.2. The van der Waals surface area contributed by atoms with Crippen LogP contribution in [0, 0.1) is 11.3 Å². The molecule has 1 atom stereocenters. The van der Waals surface area contributed by atoms with E-state index in [0.29, 0.717) is 29.7 Å². The molecule has 0 spiro atoms. The summed E-state index contributed by atoms with van der Waals surface area (Å²) in [5.41, 5.74) is 2.13. The van der Waals surface area contributed by atoms with Gasteiger partial charge >= 0.3 is 5.97 Å². The van der Waals surface area contributed by atoms with Gasteiger partial charge in [0, 0.05) is 24.1 Å². The number of benzene rings is 1. The molecule has 1 aromatic rings. The lowest BCUT2D eigenvalue weighted by Gasteiger charge is -2.39. The van der Waals surface area contributed by atoms with Crippen LogP contribution in [0.2, 0.25) is 0 Å². The van der Waals surface area contributed by atoms with Gasteiger partial charge in [0.2, 0.25) is 0 Å². The summed E-state index contributed by atoms with van der Waals surface area (Å²) in [5.74, 6) is 1.33. The second kappa shape index (κ2) is 7.36. The Bertz CT molecular complexity index is 612. The Kier molecular flexibility index (Phi) is 5.38. The smallest absolute Gasteiger partial charge is 0.337 e. The Labute approximate surface area is 151 Å². The molecule has 1 fully saturated rings. The van der Waals surface area contributed by atoms with E-state index in [0.717, 1.165) is 23.7 Å². The summed E-state index contributed by atoms with van der Waals surface area (Å²) in [6.45, 7) is 7.77. The van der Waals surface area contributed by atoms with Gasteiger partial charge in [0.25, 0.3) is 0 Å². The molecule has 0 bridgehead atoms. The summed E-state index contributed by atoms with van der Waals surface area (Å²) >= 11 is 0. The Balaban J connectivity index is 1.65. The Hall–Kier alpha value is -1.55. The third-order valence-corrected chi connectivity index (χ3v) is 5.86. The maximum Gasteiger partial charge on any atom is 0.337 e. The van der Waals surface area contributed by atoms with E-state index >= 15 is 0 Å². The van der Waals surface area contributed by atoms with Crippen molar-refractivity contribution in [1.82, 2.24) is 5.32 Å². The Morgan fingerprint density at radius 2 is 1.88 bits per heavy atom. The quantitative estimate of drug-likeness (QED) is 0.820. The van der Waals surface area contributed by atoms with Crippen LogP contribution in [0.4, 0.5) is 0 Å². The highest BCUT2D eigenvalue weighted by molar-refractivity contribution is 5.90. The zero-order valence-electron chi connectivity index (χ0n) is 15.9. The second-order valence-electron chi connectivity index (χ2n) is 8.52. The average molecular weight is 345 g/mol. The van der Waals surface area contributed by atoms with E-state index in [1.165, 1.54) is 32.8 Å². The number of nitrogens with one attached hydrogen (secondary N) is 1. The normalized spacial score (nSPS) is 26.5. The molecule has 0 radical (unpaired) electrons. The highest BCUT2D eigenvalue weighted by atomic mass is 16.5. The van der Waals surface area contributed by atoms with Crippen molar-refractivity contribution in [2.45, 2.75) is 65.0 Å². The van der Waals surface area contributed by atoms with Crippen molar-refractivity contribution in [3.05, 3.63) is 29.3 Å². The van der Waals surface area contributed by atoms with Crippen molar-refractivity contribution in [3.8, 4) is 5.75 Å². The molecule has 25 heavy (non-hydrogen) atoms. The van der Waals surface area contributed by atoms with Crippen molar-refractivity contribution in [2.75, 3.05) is 13.7 Å². The summed E-state index contributed by atoms with van der Waals surface area (Å²) in [7, 11) is 1.40. The Morgan fingerprint density at radius 1 is 1.16 bits per heavy atom. The molecule has 1 aliphatic heterocycles. The van der Waals surface area contributed by atoms with E-state index in [-0.39, 0.29) is 5.97 Å². The van der Waals surface area contributed by atoms with Crippen molar-refractivity contribution in [3.63, 3.8) is 0 Å². The van der Waals surface area contributed by atoms with E-state index in [4.69, 9.17) is 9.47 Å². The van der Waals surface area contributed by atoms with E-state index < -0.39 is 0 Å². The van der Waals surface area contributed by atoms with Crippen molar-refractivity contribution in [1.29, 1.82) is 0 Å². The maximum atomic E-state index is 11.7. The van der Waals surface area contributed by atoms with Gasteiger partial charge in [0.05, 0.1) is 19.3 Å². The fourth-order valence-electron chi connectivity index (χ4n) is 4.22. The summed E-state index contributed by atoms with van der Waals surface area (Å²) in [5, 5.41) is 3.85. The van der Waals surface area contributed by atoms with Crippen LogP contribution in [-0.4, -0.2) is 25.7 Å². The minimum absolute atomic E-state index is 0.312. The number of ether oxygens (including phenoxy) is 2. The zero-order chi connectivity index (χ0) is 18.0. The van der Waals surface area contributed by atoms with Crippen LogP contribution < -0.4 is 10.1 Å². The molecular weight excluding hydrogens is 314 g/mol. The molecule has 4 nitrogen and oxygen atoms in total. The molecule has 1 saturated carbocycles. The molecule has 0 amide bonds. The molecule has 1 heterocycles. The first-order valence-corrected chi connectivity index (χ1v) is 9.49. The summed E-state index contributed by atoms with van der Waals surface area (Å²) in [6.07, 6.45) is 6.07. The summed E-state index contributed by atoms with van der Waals surface area (Å²) < 4.78 is 10.6. The van der Waals surface area contributed by atoms with Crippen LogP contribution in [0.25, 0.3) is 0 Å². The van der Waals surface area contributed by atoms with Gasteiger partial charge in [-0.05, 0) is 49.1 Å². The highest BCUT2D eigenvalue weighted by Gasteiger charge is 2.31. The third-order valence-electron chi connectivity index (χ3n) is 5.86. The van der Waals surface area contributed by atoms with Crippen LogP contribution in [0.15, 0.2) is 18.2 Å². The third kappa shape index (κ3) is 4.17. The molecule has 138 valence electrons. The highest BCUT2D eigenvalue weighted by Crippen LogP contribution is 2.39. The van der Waals surface area contributed by atoms with Gasteiger partial charge in [0.15, 0.2) is 0 Å². The van der Waals surface area contributed by atoms with E-state index in [1.807, 2.05) is 18.2 Å². The fraction of sp³-hybridized carbons (Fsp3) is 0.667. The number of rotatable bonds is 3. The van der Waals surface area contributed by atoms with Crippen LogP contribution in [0.5, 0.6) is 5.75 Å². The standard InChI is InChI=1S/C21H31NO3/c1-21(2,3)15-6-8-16(9-7-15)22-18-11-12-25-19-13-14(20(23)24-4)5-10-17(18)19/h5,10,13,15-16,18,22H,6-9,11-12H2,1-4H3. The second-order valence-corrected chi connectivity index (χ2v) is 8.52. The number of fused-ring (bicyclic) bond motifs is 1. The number of methoxy groups -OCH3 is 1. The van der Waals surface area contributed by atoms with Gasteiger partial charge in [-0.15, -0.1) is 0 Å². The van der Waals surface area contributed by atoms with Crippen molar-refractivity contribution < 1.29 is 14.3 Å². The number of esters is 1. The number of carbonyl (C=O) groups is 1. The van der Waals surface area contributed by atoms with Gasteiger partial charge in [-0.1, -0.05) is 26.8 Å². The molecule has 1 aromatic carbocycles. The maximum absolute atomic E-state index is 11.7. The molecule has 0 aromatic heterocycles. The van der Waals surface area contributed by atoms with E-state index in [9.17, 15) is 4.79 Å². The van der Waals surface area contributed by atoms with Gasteiger partial charge in [-0.2, -0.15) is 0 Å². The topological polar surface area (TPSA) is 47.6 Å². The number of hydrogen-bond acceptors (Lipinski definition) is 4. The molecule has 3 rings (SSSR count). The SMILES string of the molecule is COC(=O)c1ccc2c(c1)OCCC2NC1CCC(C(C)(C)C)CC1. The number of carbonyl (C=O) groups excluding carboxylic acids is 1. The molecular formula is C21H31NO3. The lowest BCUT2D eigenvalue weighted by atomic mass is 9.71. The van der Waals surface area contributed by atoms with E-state index in [1.54, 1.807) is 0 Å². The summed E-state index contributed by atoms with van der Waals surface area (Å²) in [4.78, 5) is 11.7. The average Bonchev–Trinajstić information content (AvgIpc) is 2.60. The molecule has 1 N–H and O–H groups in total. The van der Waals surface area contributed by atoms with Crippen molar-refractivity contribution >= 4 is 5.97 Å². The van der Waals surface area contributed by atoms with Gasteiger partial charge < -0.3 is 14.8 Å². The van der Waals surface area contributed by atoms with Crippen LogP contribution >= 0.6 is 0 Å². The lowest BCUT2D eigenvalue weighted by Crippen LogP contribution is -2.39. The minimum Gasteiger partial charge on any atom is -0.493 e. The minimum atomic E-state index is -0.318. The van der Waals surface area contributed by atoms with Gasteiger partial charge in [-0.3, -0.25) is 0 Å². The summed E-state index contributed by atoms with van der Waals surface area (Å²) in [6, 6.07) is 6.55. The molecule has 1 unspecified atom stereocenters. The fourth-order valence-corrected chi connectivity index (χ4v) is 4.22. The van der Waals surface area contributed by atoms with Crippen LogP contribution in [0.3, 0.4) is 0 Å². The lowest BCUT2D eigenvalue weighted by molar-refractivity contribution is 0.0600. The first-order chi connectivity index (χ1) is 11.9. The largest absolute Gasteiger partial charge is 0.493 e. The van der Waals surface area contributed by atoms with Crippen LogP contribution in [-0.2, 0) is 4.74 Å². The van der Waals surface area contributed by atoms with Crippen molar-refractivity contribution in [2.24, 2.45) is 11.3 Å². The first-order valence-electron chi connectivity index (χ1n) is 9.49. The predicted molar refractivity (Wildman–Crippen MR) is 99.0 cm³/mol. The molecule has 4 heteroatoms. The zero-order valence-corrected chi connectivity index (χ0v) is 15.9. The monoisotopic (exact) mass is 345 g/mol.